The van der Waals surface area contributed by atoms with Crippen LogP contribution in [0.25, 0.3) is 0 Å². The van der Waals surface area contributed by atoms with Crippen molar-refractivity contribution in [3.63, 3.8) is 0 Å². The van der Waals surface area contributed by atoms with E-state index in [2.05, 4.69) is 43.3 Å². The molecular weight excluding hydrogens is 492 g/mol. The maximum absolute atomic E-state index is 12.8. The molecule has 0 heterocycles. The third kappa shape index (κ3) is 6.60. The highest BCUT2D eigenvalue weighted by molar-refractivity contribution is 7.91. The van der Waals surface area contributed by atoms with Crippen molar-refractivity contribution in [1.82, 2.24) is 0 Å². The van der Waals surface area contributed by atoms with E-state index in [0.717, 1.165) is 16.7 Å². The van der Waals surface area contributed by atoms with Crippen molar-refractivity contribution < 1.29 is 17.9 Å². The second-order valence-electron chi connectivity index (χ2n) is 9.71. The van der Waals surface area contributed by atoms with E-state index >= 15 is 0 Å². The van der Waals surface area contributed by atoms with Gasteiger partial charge in [-0.1, -0.05) is 116 Å². The summed E-state index contributed by atoms with van der Waals surface area (Å²) < 4.78 is 38.3. The molecule has 0 aliphatic rings. The summed E-state index contributed by atoms with van der Waals surface area (Å²) in [4.78, 5) is 0.372. The van der Waals surface area contributed by atoms with E-state index in [1.165, 1.54) is 0 Å². The molecule has 0 radical (unpaired) electrons. The van der Waals surface area contributed by atoms with Crippen molar-refractivity contribution in [3.8, 4) is 0 Å². The van der Waals surface area contributed by atoms with Gasteiger partial charge in [-0.15, -0.1) is 0 Å². The first-order valence-corrected chi connectivity index (χ1v) is 14.7. The van der Waals surface area contributed by atoms with Gasteiger partial charge in [0.1, 0.15) is 5.60 Å². The molecular formula is C33H36O4S. The largest absolute Gasteiger partial charge is 0.379 e. The van der Waals surface area contributed by atoms with Gasteiger partial charge in [-0.3, -0.25) is 0 Å². The van der Waals surface area contributed by atoms with Gasteiger partial charge in [-0.05, 0) is 47.6 Å². The standard InChI is InChI=1S/C33H36O4S/c1-27(23-24-38(34,35)32-21-13-6-14-22-32)25-31(36-2)26-37-33(28-15-7-3-8-16-28,29-17-9-4-10-18-29)30-19-11-5-12-20-30/h3-22,27,31H,23-26H2,1-2H3/t27-,31-/m1/s1. The van der Waals surface area contributed by atoms with Crippen LogP contribution in [0.4, 0.5) is 0 Å². The summed E-state index contributed by atoms with van der Waals surface area (Å²) in [6.07, 6.45) is 1.05. The van der Waals surface area contributed by atoms with Gasteiger partial charge in [0, 0.05) is 7.11 Å². The Morgan fingerprint density at radius 1 is 0.684 bits per heavy atom. The fraction of sp³-hybridized carbons (Fsp3) is 0.273. The maximum Gasteiger partial charge on any atom is 0.178 e. The molecule has 0 aromatic heterocycles. The molecule has 4 nitrogen and oxygen atoms in total. The van der Waals surface area contributed by atoms with Gasteiger partial charge >= 0.3 is 0 Å². The van der Waals surface area contributed by atoms with Crippen LogP contribution in [0.5, 0.6) is 0 Å². The van der Waals surface area contributed by atoms with Crippen LogP contribution in [0, 0.1) is 5.92 Å². The predicted octanol–water partition coefficient (Wildman–Crippen LogP) is 6.90. The van der Waals surface area contributed by atoms with Gasteiger partial charge in [0.15, 0.2) is 9.84 Å². The van der Waals surface area contributed by atoms with Gasteiger partial charge < -0.3 is 9.47 Å². The molecule has 4 rings (SSSR count). The van der Waals surface area contributed by atoms with Gasteiger partial charge in [0.05, 0.1) is 23.4 Å². The van der Waals surface area contributed by atoms with Crippen molar-refractivity contribution in [2.75, 3.05) is 19.5 Å². The highest BCUT2D eigenvalue weighted by Gasteiger charge is 2.38. The van der Waals surface area contributed by atoms with Crippen LogP contribution in [0.1, 0.15) is 36.5 Å². The fourth-order valence-electron chi connectivity index (χ4n) is 4.89. The van der Waals surface area contributed by atoms with Gasteiger partial charge in [0.25, 0.3) is 0 Å². The number of hydrogen-bond donors (Lipinski definition) is 0. The third-order valence-corrected chi connectivity index (χ3v) is 8.77. The molecule has 0 aliphatic heterocycles. The normalized spacial score (nSPS) is 13.6. The molecule has 0 saturated heterocycles. The van der Waals surface area contributed by atoms with Crippen molar-refractivity contribution in [3.05, 3.63) is 138 Å². The summed E-state index contributed by atoms with van der Waals surface area (Å²) in [5, 5.41) is 0. The molecule has 4 aromatic carbocycles. The Balaban J connectivity index is 1.54. The predicted molar refractivity (Wildman–Crippen MR) is 153 cm³/mol. The Hall–Kier alpha value is -3.25. The van der Waals surface area contributed by atoms with Gasteiger partial charge in [0.2, 0.25) is 0 Å². The second-order valence-corrected chi connectivity index (χ2v) is 11.8. The zero-order valence-corrected chi connectivity index (χ0v) is 22.9. The Morgan fingerprint density at radius 2 is 1.11 bits per heavy atom. The third-order valence-electron chi connectivity index (χ3n) is 7.01. The number of methoxy groups -OCH3 is 1. The molecule has 198 valence electrons. The van der Waals surface area contributed by atoms with Crippen LogP contribution in [-0.2, 0) is 24.9 Å². The monoisotopic (exact) mass is 528 g/mol. The SMILES string of the molecule is CO[C@@H](COC(c1ccccc1)(c1ccccc1)c1ccccc1)C[C@H](C)CCS(=O)(=O)c1ccccc1. The average molecular weight is 529 g/mol. The van der Waals surface area contributed by atoms with Crippen LogP contribution in [0.15, 0.2) is 126 Å². The van der Waals surface area contributed by atoms with E-state index < -0.39 is 15.4 Å². The van der Waals surface area contributed by atoms with E-state index in [9.17, 15) is 8.42 Å². The highest BCUT2D eigenvalue weighted by Crippen LogP contribution is 2.40. The Morgan fingerprint density at radius 3 is 1.53 bits per heavy atom. The summed E-state index contributed by atoms with van der Waals surface area (Å²) in [5.74, 6) is 0.249. The highest BCUT2D eigenvalue weighted by atomic mass is 32.2. The summed E-state index contributed by atoms with van der Waals surface area (Å²) in [6.45, 7) is 2.43. The first kappa shape index (κ1) is 27.8. The lowest BCUT2D eigenvalue weighted by Gasteiger charge is -2.37. The maximum atomic E-state index is 12.8. The minimum Gasteiger partial charge on any atom is -0.379 e. The Labute approximate surface area is 227 Å². The molecule has 0 saturated carbocycles. The summed E-state index contributed by atoms with van der Waals surface area (Å²) in [6, 6.07) is 39.4. The first-order chi connectivity index (χ1) is 18.5. The van der Waals surface area contributed by atoms with Crippen LogP contribution in [0.2, 0.25) is 0 Å². The topological polar surface area (TPSA) is 52.6 Å². The van der Waals surface area contributed by atoms with Crippen molar-refractivity contribution in [2.45, 2.75) is 36.4 Å². The lowest BCUT2D eigenvalue weighted by Crippen LogP contribution is -2.36. The van der Waals surface area contributed by atoms with E-state index in [1.807, 2.05) is 60.7 Å². The number of sulfone groups is 1. The molecule has 0 N–H and O–H groups in total. The smallest absolute Gasteiger partial charge is 0.178 e. The molecule has 0 unspecified atom stereocenters. The zero-order chi connectivity index (χ0) is 26.8. The van der Waals surface area contributed by atoms with Crippen molar-refractivity contribution in [2.24, 2.45) is 5.92 Å². The summed E-state index contributed by atoms with van der Waals surface area (Å²) in [5.41, 5.74) is 2.29. The molecule has 4 aromatic rings. The minimum absolute atomic E-state index is 0.109. The molecule has 2 atom stereocenters. The van der Waals surface area contributed by atoms with Crippen molar-refractivity contribution in [1.29, 1.82) is 0 Å². The lowest BCUT2D eigenvalue weighted by atomic mass is 9.80. The Bertz CT molecular complexity index is 1240. The van der Waals surface area contributed by atoms with E-state index in [0.29, 0.717) is 24.3 Å². The Kier molecular flexibility index (Phi) is 9.51. The number of hydrogen-bond acceptors (Lipinski definition) is 4. The minimum atomic E-state index is -3.31. The summed E-state index contributed by atoms with van der Waals surface area (Å²) in [7, 11) is -1.62. The quantitative estimate of drug-likeness (QED) is 0.177. The molecule has 0 aliphatic carbocycles. The van der Waals surface area contributed by atoms with Crippen LogP contribution >= 0.6 is 0 Å². The molecule has 0 bridgehead atoms. The number of ether oxygens (including phenoxy) is 2. The molecule has 38 heavy (non-hydrogen) atoms. The van der Waals surface area contributed by atoms with Crippen molar-refractivity contribution >= 4 is 9.84 Å². The molecule has 0 spiro atoms. The van der Waals surface area contributed by atoms with E-state index in [4.69, 9.17) is 9.47 Å². The first-order valence-electron chi connectivity index (χ1n) is 13.1. The summed E-state index contributed by atoms with van der Waals surface area (Å²) >= 11 is 0. The van der Waals surface area contributed by atoms with Gasteiger partial charge in [-0.25, -0.2) is 8.42 Å². The fourth-order valence-corrected chi connectivity index (χ4v) is 6.41. The van der Waals surface area contributed by atoms with Crippen LogP contribution in [0.3, 0.4) is 0 Å². The van der Waals surface area contributed by atoms with Crippen LogP contribution < -0.4 is 0 Å². The number of rotatable bonds is 13. The number of benzene rings is 4. The zero-order valence-electron chi connectivity index (χ0n) is 22.1. The lowest BCUT2D eigenvalue weighted by molar-refractivity contribution is -0.0578. The molecule has 5 heteroatoms. The van der Waals surface area contributed by atoms with E-state index in [-0.39, 0.29) is 17.8 Å². The van der Waals surface area contributed by atoms with Crippen LogP contribution in [-0.4, -0.2) is 34.0 Å². The van der Waals surface area contributed by atoms with E-state index in [1.54, 1.807) is 31.4 Å². The van der Waals surface area contributed by atoms with Gasteiger partial charge in [-0.2, -0.15) is 0 Å². The molecule has 0 fully saturated rings. The average Bonchev–Trinajstić information content (AvgIpc) is 2.98. The second kappa shape index (κ2) is 13.0. The molecule has 0 amide bonds.